The number of nitrogens with one attached hydrogen (secondary N) is 1. The Hall–Kier alpha value is -2.30. The predicted octanol–water partition coefficient (Wildman–Crippen LogP) is 4.16. The van der Waals surface area contributed by atoms with E-state index in [1.807, 2.05) is 0 Å². The summed E-state index contributed by atoms with van der Waals surface area (Å²) in [6, 6.07) is 8.98. The van der Waals surface area contributed by atoms with Gasteiger partial charge in [0.25, 0.3) is 0 Å². The minimum Gasteiger partial charge on any atom is -0.497 e. The lowest BCUT2D eigenvalue weighted by atomic mass is 10.1. The van der Waals surface area contributed by atoms with Crippen LogP contribution < -0.4 is 14.8 Å². The fourth-order valence-electron chi connectivity index (χ4n) is 2.07. The van der Waals surface area contributed by atoms with E-state index in [1.165, 1.54) is 6.07 Å². The second kappa shape index (κ2) is 6.43. The minimum absolute atomic E-state index is 0.261. The second-order valence-electron chi connectivity index (χ2n) is 4.61. The van der Waals surface area contributed by atoms with Crippen molar-refractivity contribution in [2.75, 3.05) is 19.5 Å². The molecule has 0 aliphatic rings. The third kappa shape index (κ3) is 3.42. The molecule has 5 heteroatoms. The van der Waals surface area contributed by atoms with Gasteiger partial charge in [0.15, 0.2) is 11.6 Å². The van der Waals surface area contributed by atoms with Gasteiger partial charge in [-0.25, -0.2) is 8.78 Å². The molecule has 0 spiro atoms. The third-order valence-corrected chi connectivity index (χ3v) is 3.18. The average molecular weight is 293 g/mol. The summed E-state index contributed by atoms with van der Waals surface area (Å²) in [6.45, 7) is 1.75. The molecule has 2 aromatic rings. The van der Waals surface area contributed by atoms with Gasteiger partial charge in [0.1, 0.15) is 11.5 Å². The number of methoxy groups -OCH3 is 2. The third-order valence-electron chi connectivity index (χ3n) is 3.18. The van der Waals surface area contributed by atoms with Crippen LogP contribution in [-0.2, 0) is 0 Å². The van der Waals surface area contributed by atoms with E-state index in [1.54, 1.807) is 45.4 Å². The zero-order valence-corrected chi connectivity index (χ0v) is 12.1. The lowest BCUT2D eigenvalue weighted by molar-refractivity contribution is 0.394. The Labute approximate surface area is 122 Å². The van der Waals surface area contributed by atoms with Crippen LogP contribution in [0.2, 0.25) is 0 Å². The summed E-state index contributed by atoms with van der Waals surface area (Å²) in [5.41, 5.74) is 0.958. The largest absolute Gasteiger partial charge is 0.497 e. The number of anilines is 1. The van der Waals surface area contributed by atoms with Gasteiger partial charge in [0.05, 0.1) is 20.3 Å². The van der Waals surface area contributed by atoms with Crippen molar-refractivity contribution in [3.63, 3.8) is 0 Å². The highest BCUT2D eigenvalue weighted by Crippen LogP contribution is 2.29. The standard InChI is InChI=1S/C16H17F2NO2/c1-10(14-5-4-6-15(17)16(14)18)19-11-7-12(20-2)9-13(8-11)21-3/h4-10,19H,1-3H3. The quantitative estimate of drug-likeness (QED) is 0.898. The maximum absolute atomic E-state index is 13.8. The normalized spacial score (nSPS) is 11.9. The highest BCUT2D eigenvalue weighted by atomic mass is 19.2. The van der Waals surface area contributed by atoms with Crippen LogP contribution >= 0.6 is 0 Å². The Morgan fingerprint density at radius 3 is 2.19 bits per heavy atom. The number of rotatable bonds is 5. The van der Waals surface area contributed by atoms with Gasteiger partial charge in [-0.1, -0.05) is 12.1 Å². The molecule has 2 aromatic carbocycles. The molecule has 2 rings (SSSR count). The highest BCUT2D eigenvalue weighted by Gasteiger charge is 2.14. The Bertz CT molecular complexity index is 609. The second-order valence-corrected chi connectivity index (χ2v) is 4.61. The van der Waals surface area contributed by atoms with Gasteiger partial charge in [0.2, 0.25) is 0 Å². The first-order valence-corrected chi connectivity index (χ1v) is 6.48. The molecule has 0 bridgehead atoms. The van der Waals surface area contributed by atoms with Crippen molar-refractivity contribution in [2.24, 2.45) is 0 Å². The maximum Gasteiger partial charge on any atom is 0.164 e. The average Bonchev–Trinajstić information content (AvgIpc) is 2.49. The van der Waals surface area contributed by atoms with E-state index in [2.05, 4.69) is 5.32 Å². The molecule has 0 heterocycles. The van der Waals surface area contributed by atoms with Gasteiger partial charge in [0, 0.05) is 29.4 Å². The lowest BCUT2D eigenvalue weighted by Crippen LogP contribution is -2.09. The monoisotopic (exact) mass is 293 g/mol. The van der Waals surface area contributed by atoms with E-state index in [4.69, 9.17) is 9.47 Å². The van der Waals surface area contributed by atoms with Crippen LogP contribution in [0.1, 0.15) is 18.5 Å². The molecule has 1 unspecified atom stereocenters. The number of halogens is 2. The lowest BCUT2D eigenvalue weighted by Gasteiger charge is -2.18. The molecule has 1 N–H and O–H groups in total. The van der Waals surface area contributed by atoms with E-state index in [0.29, 0.717) is 17.2 Å². The minimum atomic E-state index is -0.857. The Balaban J connectivity index is 2.26. The van der Waals surface area contributed by atoms with Crippen LogP contribution in [-0.4, -0.2) is 14.2 Å². The highest BCUT2D eigenvalue weighted by molar-refractivity contribution is 5.55. The van der Waals surface area contributed by atoms with Gasteiger partial charge in [-0.05, 0) is 13.0 Å². The Morgan fingerprint density at radius 1 is 1.00 bits per heavy atom. The molecule has 0 aliphatic carbocycles. The van der Waals surface area contributed by atoms with E-state index in [-0.39, 0.29) is 5.56 Å². The first-order chi connectivity index (χ1) is 10.0. The smallest absolute Gasteiger partial charge is 0.164 e. The molecule has 0 aromatic heterocycles. The van der Waals surface area contributed by atoms with Crippen molar-refractivity contribution in [1.82, 2.24) is 0 Å². The molecule has 0 amide bonds. The first kappa shape index (κ1) is 15.1. The first-order valence-electron chi connectivity index (χ1n) is 6.48. The molecule has 0 radical (unpaired) electrons. The van der Waals surface area contributed by atoms with Gasteiger partial charge in [-0.3, -0.25) is 0 Å². The summed E-state index contributed by atoms with van der Waals surface area (Å²) < 4.78 is 37.4. The molecular weight excluding hydrogens is 276 g/mol. The fraction of sp³-hybridized carbons (Fsp3) is 0.250. The molecule has 3 nitrogen and oxygen atoms in total. The summed E-state index contributed by atoms with van der Waals surface area (Å²) in [7, 11) is 3.10. The number of ether oxygens (including phenoxy) is 2. The van der Waals surface area contributed by atoms with E-state index in [9.17, 15) is 8.78 Å². The fourth-order valence-corrected chi connectivity index (χ4v) is 2.07. The van der Waals surface area contributed by atoms with Crippen LogP contribution in [0.5, 0.6) is 11.5 Å². The van der Waals surface area contributed by atoms with Crippen LogP contribution in [0.25, 0.3) is 0 Å². The van der Waals surface area contributed by atoms with Crippen molar-refractivity contribution in [3.05, 3.63) is 53.6 Å². The van der Waals surface area contributed by atoms with Crippen LogP contribution in [0.15, 0.2) is 36.4 Å². The maximum atomic E-state index is 13.8. The van der Waals surface area contributed by atoms with E-state index in [0.717, 1.165) is 6.07 Å². The topological polar surface area (TPSA) is 30.5 Å². The van der Waals surface area contributed by atoms with Crippen molar-refractivity contribution < 1.29 is 18.3 Å². The number of hydrogen-bond donors (Lipinski definition) is 1. The van der Waals surface area contributed by atoms with Gasteiger partial charge in [-0.2, -0.15) is 0 Å². The Kier molecular flexibility index (Phi) is 4.62. The van der Waals surface area contributed by atoms with Crippen LogP contribution in [0.4, 0.5) is 14.5 Å². The SMILES string of the molecule is COc1cc(NC(C)c2cccc(F)c2F)cc(OC)c1. The molecule has 0 saturated heterocycles. The summed E-state index contributed by atoms with van der Waals surface area (Å²) in [5.74, 6) is -0.468. The van der Waals surface area contributed by atoms with Crippen LogP contribution in [0.3, 0.4) is 0 Å². The summed E-state index contributed by atoms with van der Waals surface area (Å²) in [6.07, 6.45) is 0. The van der Waals surface area contributed by atoms with E-state index < -0.39 is 17.7 Å². The van der Waals surface area contributed by atoms with Crippen molar-refractivity contribution in [3.8, 4) is 11.5 Å². The van der Waals surface area contributed by atoms with Crippen molar-refractivity contribution >= 4 is 5.69 Å². The summed E-state index contributed by atoms with van der Waals surface area (Å²) in [5, 5.41) is 3.11. The van der Waals surface area contributed by atoms with Gasteiger partial charge < -0.3 is 14.8 Å². The van der Waals surface area contributed by atoms with Crippen molar-refractivity contribution in [1.29, 1.82) is 0 Å². The van der Waals surface area contributed by atoms with Crippen molar-refractivity contribution in [2.45, 2.75) is 13.0 Å². The Morgan fingerprint density at radius 2 is 1.62 bits per heavy atom. The molecule has 1 atom stereocenters. The zero-order chi connectivity index (χ0) is 15.4. The molecule has 0 fully saturated rings. The molecular formula is C16H17F2NO2. The molecule has 21 heavy (non-hydrogen) atoms. The number of hydrogen-bond acceptors (Lipinski definition) is 3. The van der Waals surface area contributed by atoms with E-state index >= 15 is 0 Å². The summed E-state index contributed by atoms with van der Waals surface area (Å²) >= 11 is 0. The van der Waals surface area contributed by atoms with Gasteiger partial charge >= 0.3 is 0 Å². The predicted molar refractivity (Wildman–Crippen MR) is 77.9 cm³/mol. The molecule has 112 valence electrons. The van der Waals surface area contributed by atoms with Crippen LogP contribution in [0, 0.1) is 11.6 Å². The molecule has 0 saturated carbocycles. The van der Waals surface area contributed by atoms with Gasteiger partial charge in [-0.15, -0.1) is 0 Å². The number of benzene rings is 2. The summed E-state index contributed by atoms with van der Waals surface area (Å²) in [4.78, 5) is 0. The molecule has 0 aliphatic heterocycles. The zero-order valence-electron chi connectivity index (χ0n) is 12.1.